The molecule has 1 amide bonds. The normalized spacial score (nSPS) is 9.08. The summed E-state index contributed by atoms with van der Waals surface area (Å²) in [5.74, 6) is 0.431. The molecule has 1 heterocycles. The van der Waals surface area contributed by atoms with Crippen molar-refractivity contribution < 1.29 is 4.79 Å². The van der Waals surface area contributed by atoms with Crippen LogP contribution in [0.25, 0.3) is 0 Å². The van der Waals surface area contributed by atoms with Gasteiger partial charge in [-0.05, 0) is 19.1 Å². The summed E-state index contributed by atoms with van der Waals surface area (Å²) in [6.45, 7) is 1.65. The minimum Gasteiger partial charge on any atom is -0.313 e. The Labute approximate surface area is 70.1 Å². The van der Waals surface area contributed by atoms with E-state index >= 15 is 0 Å². The smallest absolute Gasteiger partial charge is 0.212 e. The number of nitrogens with one attached hydrogen (secondary N) is 2. The van der Waals surface area contributed by atoms with Crippen molar-refractivity contribution in [3.8, 4) is 0 Å². The summed E-state index contributed by atoms with van der Waals surface area (Å²) in [7, 11) is 0. The third-order valence-electron chi connectivity index (χ3n) is 1.41. The molecule has 0 aliphatic carbocycles. The number of carbonyl (C=O) groups is 1. The highest BCUT2D eigenvalue weighted by Gasteiger charge is 2.02. The van der Waals surface area contributed by atoms with E-state index in [1.54, 1.807) is 25.3 Å². The second-order valence-corrected chi connectivity index (χ2v) is 2.29. The number of nitrogens with zero attached hydrogens (tertiary/aromatic N) is 1. The molecule has 0 fully saturated rings. The van der Waals surface area contributed by atoms with Crippen LogP contribution in [0.4, 0.5) is 5.82 Å². The zero-order valence-corrected chi connectivity index (χ0v) is 6.66. The third kappa shape index (κ3) is 1.66. The number of aromatic nitrogens is 1. The number of pyridine rings is 1. The van der Waals surface area contributed by atoms with Gasteiger partial charge in [-0.25, -0.2) is 4.98 Å². The van der Waals surface area contributed by atoms with Crippen molar-refractivity contribution in [3.05, 3.63) is 23.9 Å². The summed E-state index contributed by atoms with van der Waals surface area (Å²) < 4.78 is 0. The maximum absolute atomic E-state index is 10.1. The molecule has 0 aliphatic heterocycles. The lowest BCUT2D eigenvalue weighted by Gasteiger charge is -2.03. The molecule has 4 nitrogen and oxygen atoms in total. The highest BCUT2D eigenvalue weighted by Crippen LogP contribution is 2.10. The number of carbonyl (C=O) groups excluding carboxylic acids is 1. The zero-order valence-electron chi connectivity index (χ0n) is 6.66. The van der Waals surface area contributed by atoms with Crippen molar-refractivity contribution in [1.29, 1.82) is 5.41 Å². The minimum atomic E-state index is 0.382. The van der Waals surface area contributed by atoms with E-state index in [9.17, 15) is 4.79 Å². The molecule has 62 valence electrons. The van der Waals surface area contributed by atoms with Crippen molar-refractivity contribution in [2.24, 2.45) is 0 Å². The van der Waals surface area contributed by atoms with Crippen molar-refractivity contribution in [1.82, 2.24) is 4.98 Å². The van der Waals surface area contributed by atoms with Gasteiger partial charge in [-0.1, -0.05) is 0 Å². The van der Waals surface area contributed by atoms with E-state index in [1.807, 2.05) is 0 Å². The molecular weight excluding hydrogens is 154 g/mol. The van der Waals surface area contributed by atoms with Gasteiger partial charge in [-0.3, -0.25) is 4.79 Å². The van der Waals surface area contributed by atoms with Gasteiger partial charge in [-0.2, -0.15) is 0 Å². The number of anilines is 1. The van der Waals surface area contributed by atoms with E-state index < -0.39 is 0 Å². The van der Waals surface area contributed by atoms with Crippen LogP contribution in [-0.4, -0.2) is 17.1 Å². The molecule has 1 aromatic heterocycles. The Morgan fingerprint density at radius 1 is 1.75 bits per heavy atom. The first-order valence-electron chi connectivity index (χ1n) is 3.46. The second kappa shape index (κ2) is 3.61. The standard InChI is InChI=1S/C8H9N3O/c1-6(9)7-3-2-4-10-8(7)11-5-12/h2-5,9H,1H3,(H,10,11,12). The molecule has 0 aromatic carbocycles. The Hall–Kier alpha value is -1.71. The van der Waals surface area contributed by atoms with Gasteiger partial charge in [0.15, 0.2) is 0 Å². The fourth-order valence-corrected chi connectivity index (χ4v) is 0.879. The number of hydrogen-bond acceptors (Lipinski definition) is 3. The van der Waals surface area contributed by atoms with Crippen molar-refractivity contribution in [2.75, 3.05) is 5.32 Å². The molecule has 0 saturated carbocycles. The van der Waals surface area contributed by atoms with E-state index in [0.717, 1.165) is 0 Å². The van der Waals surface area contributed by atoms with Gasteiger partial charge in [0.05, 0.1) is 0 Å². The summed E-state index contributed by atoms with van der Waals surface area (Å²) in [4.78, 5) is 14.0. The van der Waals surface area contributed by atoms with Crippen LogP contribution in [0.15, 0.2) is 18.3 Å². The molecule has 0 atom stereocenters. The maximum Gasteiger partial charge on any atom is 0.212 e. The van der Waals surface area contributed by atoms with Crippen molar-refractivity contribution >= 4 is 17.9 Å². The molecule has 2 N–H and O–H groups in total. The molecule has 0 unspecified atom stereocenters. The summed E-state index contributed by atoms with van der Waals surface area (Å²) in [6.07, 6.45) is 2.12. The van der Waals surface area contributed by atoms with Gasteiger partial charge in [0.25, 0.3) is 0 Å². The van der Waals surface area contributed by atoms with Crippen LogP contribution >= 0.6 is 0 Å². The Morgan fingerprint density at radius 2 is 2.50 bits per heavy atom. The largest absolute Gasteiger partial charge is 0.313 e. The van der Waals surface area contributed by atoms with Gasteiger partial charge in [0, 0.05) is 17.5 Å². The van der Waals surface area contributed by atoms with E-state index in [4.69, 9.17) is 5.41 Å². The lowest BCUT2D eigenvalue weighted by molar-refractivity contribution is -0.105. The van der Waals surface area contributed by atoms with Crippen LogP contribution in [-0.2, 0) is 4.79 Å². The molecule has 0 saturated heterocycles. The predicted molar refractivity (Wildman–Crippen MR) is 46.4 cm³/mol. The average molecular weight is 163 g/mol. The van der Waals surface area contributed by atoms with Crippen LogP contribution in [0.2, 0.25) is 0 Å². The van der Waals surface area contributed by atoms with Crippen LogP contribution in [0.5, 0.6) is 0 Å². The molecule has 0 spiro atoms. The Morgan fingerprint density at radius 3 is 3.08 bits per heavy atom. The average Bonchev–Trinajstić information content (AvgIpc) is 2.05. The lowest BCUT2D eigenvalue weighted by Crippen LogP contribution is -2.04. The summed E-state index contributed by atoms with van der Waals surface area (Å²) >= 11 is 0. The minimum absolute atomic E-state index is 0.382. The van der Waals surface area contributed by atoms with Gasteiger partial charge in [-0.15, -0.1) is 0 Å². The molecule has 4 heteroatoms. The molecule has 0 bridgehead atoms. The fourth-order valence-electron chi connectivity index (χ4n) is 0.879. The Kier molecular flexibility index (Phi) is 2.53. The first-order valence-corrected chi connectivity index (χ1v) is 3.46. The monoisotopic (exact) mass is 163 g/mol. The van der Waals surface area contributed by atoms with Crippen LogP contribution in [0, 0.1) is 5.41 Å². The van der Waals surface area contributed by atoms with Crippen LogP contribution in [0.1, 0.15) is 12.5 Å². The van der Waals surface area contributed by atoms with Gasteiger partial charge < -0.3 is 10.7 Å². The highest BCUT2D eigenvalue weighted by molar-refractivity contribution is 6.01. The van der Waals surface area contributed by atoms with Crippen LogP contribution in [0.3, 0.4) is 0 Å². The van der Waals surface area contributed by atoms with E-state index in [1.165, 1.54) is 0 Å². The highest BCUT2D eigenvalue weighted by atomic mass is 16.1. The SMILES string of the molecule is CC(=N)c1cccnc1NC=O. The molecular formula is C8H9N3O. The number of hydrogen-bond donors (Lipinski definition) is 2. The Balaban J connectivity index is 3.07. The molecule has 1 aromatic rings. The maximum atomic E-state index is 10.1. The summed E-state index contributed by atoms with van der Waals surface area (Å²) in [5, 5.41) is 9.78. The predicted octanol–water partition coefficient (Wildman–Crippen LogP) is 1.04. The summed E-state index contributed by atoms with van der Waals surface area (Å²) in [6, 6.07) is 3.46. The van der Waals surface area contributed by atoms with Crippen molar-refractivity contribution in [2.45, 2.75) is 6.92 Å². The number of amides is 1. The van der Waals surface area contributed by atoms with Crippen molar-refractivity contribution in [3.63, 3.8) is 0 Å². The van der Waals surface area contributed by atoms with E-state index in [0.29, 0.717) is 23.5 Å². The molecule has 12 heavy (non-hydrogen) atoms. The fraction of sp³-hybridized carbons (Fsp3) is 0.125. The first kappa shape index (κ1) is 8.39. The third-order valence-corrected chi connectivity index (χ3v) is 1.41. The summed E-state index contributed by atoms with van der Waals surface area (Å²) in [5.41, 5.74) is 1.03. The van der Waals surface area contributed by atoms with Gasteiger partial charge >= 0.3 is 0 Å². The van der Waals surface area contributed by atoms with E-state index in [2.05, 4.69) is 10.3 Å². The lowest BCUT2D eigenvalue weighted by atomic mass is 10.2. The van der Waals surface area contributed by atoms with Gasteiger partial charge in [0.2, 0.25) is 6.41 Å². The first-order chi connectivity index (χ1) is 5.75. The number of rotatable bonds is 3. The molecule has 0 aliphatic rings. The topological polar surface area (TPSA) is 65.8 Å². The molecule has 1 rings (SSSR count). The van der Waals surface area contributed by atoms with E-state index in [-0.39, 0.29) is 0 Å². The van der Waals surface area contributed by atoms with Gasteiger partial charge in [0.1, 0.15) is 5.82 Å². The van der Waals surface area contributed by atoms with Crippen LogP contribution < -0.4 is 5.32 Å². The zero-order chi connectivity index (χ0) is 8.97. The quantitative estimate of drug-likeness (QED) is 0.516. The second-order valence-electron chi connectivity index (χ2n) is 2.29. The molecule has 0 radical (unpaired) electrons. The Bertz CT molecular complexity index is 309.